The lowest BCUT2D eigenvalue weighted by Crippen LogP contribution is -2.52. The highest BCUT2D eigenvalue weighted by Crippen LogP contribution is 2.29. The van der Waals surface area contributed by atoms with Gasteiger partial charge in [0.15, 0.2) is 0 Å². The molecule has 3 heterocycles. The Morgan fingerprint density at radius 2 is 1.69 bits per heavy atom. The van der Waals surface area contributed by atoms with Crippen LogP contribution in [0.1, 0.15) is 33.6 Å². The molecule has 0 aliphatic carbocycles. The first kappa shape index (κ1) is 22.8. The number of piperazine rings is 1. The first-order chi connectivity index (χ1) is 15.3. The molecular weight excluding hydrogens is 439 g/mol. The lowest BCUT2D eigenvalue weighted by Gasteiger charge is -2.39. The summed E-state index contributed by atoms with van der Waals surface area (Å²) in [6, 6.07) is 8.93. The second-order valence-electron chi connectivity index (χ2n) is 8.36. The fourth-order valence-corrected chi connectivity index (χ4v) is 5.05. The number of carbonyl (C=O) groups is 2. The van der Waals surface area contributed by atoms with Crippen molar-refractivity contribution in [3.63, 3.8) is 0 Å². The van der Waals surface area contributed by atoms with Crippen LogP contribution in [0.25, 0.3) is 0 Å². The van der Waals surface area contributed by atoms with Crippen molar-refractivity contribution in [3.8, 4) is 0 Å². The number of piperidine rings is 1. The number of likely N-dealkylation sites (tertiary alicyclic amines) is 1. The summed E-state index contributed by atoms with van der Waals surface area (Å²) in [4.78, 5) is 32.2. The van der Waals surface area contributed by atoms with Crippen molar-refractivity contribution in [2.24, 2.45) is 5.92 Å². The number of alkyl halides is 3. The summed E-state index contributed by atoms with van der Waals surface area (Å²) in [5.41, 5.74) is 0.184. The van der Waals surface area contributed by atoms with E-state index in [1.807, 2.05) is 22.4 Å². The highest BCUT2D eigenvalue weighted by molar-refractivity contribution is 7.12. The Morgan fingerprint density at radius 1 is 0.969 bits per heavy atom. The molecule has 2 aliphatic heterocycles. The van der Waals surface area contributed by atoms with E-state index >= 15 is 0 Å². The minimum Gasteiger partial charge on any atom is -0.340 e. The zero-order valence-electron chi connectivity index (χ0n) is 17.7. The molecule has 1 aromatic carbocycles. The normalized spacial score (nSPS) is 20.4. The molecule has 9 heteroatoms. The van der Waals surface area contributed by atoms with Gasteiger partial charge in [-0.2, -0.15) is 13.2 Å². The molecule has 2 aliphatic rings. The van der Waals surface area contributed by atoms with Gasteiger partial charge in [0.05, 0.1) is 16.4 Å². The number of hydrogen-bond acceptors (Lipinski definition) is 4. The SMILES string of the molecule is O=C(c1cccs1)N1CCCC(C(=O)N2CCN(Cc3ccc(C(F)(F)F)cc3)CC2)C1. The van der Waals surface area contributed by atoms with Crippen molar-refractivity contribution in [2.45, 2.75) is 25.6 Å². The molecule has 2 saturated heterocycles. The molecule has 0 radical (unpaired) electrons. The van der Waals surface area contributed by atoms with Crippen LogP contribution in [-0.4, -0.2) is 65.8 Å². The second-order valence-corrected chi connectivity index (χ2v) is 9.31. The lowest BCUT2D eigenvalue weighted by atomic mass is 9.96. The molecule has 4 rings (SSSR count). The fourth-order valence-electron chi connectivity index (χ4n) is 4.36. The van der Waals surface area contributed by atoms with Gasteiger partial charge in [-0.15, -0.1) is 11.3 Å². The van der Waals surface area contributed by atoms with Gasteiger partial charge in [-0.1, -0.05) is 18.2 Å². The van der Waals surface area contributed by atoms with Gasteiger partial charge < -0.3 is 9.80 Å². The minimum atomic E-state index is -4.33. The molecule has 0 saturated carbocycles. The van der Waals surface area contributed by atoms with Gasteiger partial charge in [0.2, 0.25) is 5.91 Å². The maximum atomic E-state index is 13.1. The molecule has 1 atom stereocenters. The van der Waals surface area contributed by atoms with Crippen LogP contribution < -0.4 is 0 Å². The number of hydrogen-bond donors (Lipinski definition) is 0. The van der Waals surface area contributed by atoms with Crippen LogP contribution in [0.2, 0.25) is 0 Å². The van der Waals surface area contributed by atoms with Crippen LogP contribution in [0.5, 0.6) is 0 Å². The topological polar surface area (TPSA) is 43.9 Å². The van der Waals surface area contributed by atoms with Crippen LogP contribution in [0, 0.1) is 5.92 Å². The third-order valence-corrected chi connectivity index (χ3v) is 7.02. The standard InChI is InChI=1S/C23H26F3N3O2S/c24-23(25,26)19-7-5-17(6-8-19)15-27-10-12-28(13-11-27)21(30)18-3-1-9-29(16-18)22(31)20-4-2-14-32-20/h2,4-8,14,18H,1,3,9-13,15-16H2. The summed E-state index contributed by atoms with van der Waals surface area (Å²) in [6.07, 6.45) is -2.71. The van der Waals surface area contributed by atoms with Crippen molar-refractivity contribution in [1.82, 2.24) is 14.7 Å². The molecule has 2 fully saturated rings. The summed E-state index contributed by atoms with van der Waals surface area (Å²) in [6.45, 7) is 4.24. The molecular formula is C23H26F3N3O2S. The molecule has 172 valence electrons. The summed E-state index contributed by atoms with van der Waals surface area (Å²) >= 11 is 1.42. The van der Waals surface area contributed by atoms with E-state index in [0.29, 0.717) is 50.7 Å². The van der Waals surface area contributed by atoms with Crippen molar-refractivity contribution < 1.29 is 22.8 Å². The Bertz CT molecular complexity index is 923. The zero-order chi connectivity index (χ0) is 22.7. The Hall–Kier alpha value is -2.39. The Kier molecular flexibility index (Phi) is 6.85. The largest absolute Gasteiger partial charge is 0.416 e. The van der Waals surface area contributed by atoms with E-state index in [1.165, 1.54) is 23.5 Å². The van der Waals surface area contributed by atoms with Gasteiger partial charge in [0.25, 0.3) is 5.91 Å². The van der Waals surface area contributed by atoms with E-state index in [0.717, 1.165) is 30.5 Å². The Balaban J connectivity index is 1.27. The summed E-state index contributed by atoms with van der Waals surface area (Å²) < 4.78 is 38.2. The number of benzene rings is 1. The monoisotopic (exact) mass is 465 g/mol. The van der Waals surface area contributed by atoms with Crippen molar-refractivity contribution in [2.75, 3.05) is 39.3 Å². The van der Waals surface area contributed by atoms with Crippen LogP contribution in [-0.2, 0) is 17.5 Å². The summed E-state index contributed by atoms with van der Waals surface area (Å²) in [5, 5.41) is 1.88. The highest BCUT2D eigenvalue weighted by atomic mass is 32.1. The first-order valence-electron chi connectivity index (χ1n) is 10.8. The van der Waals surface area contributed by atoms with E-state index in [1.54, 1.807) is 4.90 Å². The van der Waals surface area contributed by atoms with Crippen molar-refractivity contribution in [1.29, 1.82) is 0 Å². The number of nitrogens with zero attached hydrogens (tertiary/aromatic N) is 3. The van der Waals surface area contributed by atoms with Gasteiger partial charge in [0, 0.05) is 45.8 Å². The first-order valence-corrected chi connectivity index (χ1v) is 11.7. The number of amides is 2. The molecule has 5 nitrogen and oxygen atoms in total. The maximum Gasteiger partial charge on any atom is 0.416 e. The minimum absolute atomic E-state index is 0.00105. The summed E-state index contributed by atoms with van der Waals surface area (Å²) in [7, 11) is 0. The smallest absolute Gasteiger partial charge is 0.340 e. The molecule has 0 N–H and O–H groups in total. The van der Waals surface area contributed by atoms with Crippen molar-refractivity contribution >= 4 is 23.2 Å². The predicted molar refractivity (Wildman–Crippen MR) is 116 cm³/mol. The number of rotatable bonds is 4. The second kappa shape index (κ2) is 9.62. The fraction of sp³-hybridized carbons (Fsp3) is 0.478. The highest BCUT2D eigenvalue weighted by Gasteiger charge is 2.33. The maximum absolute atomic E-state index is 13.1. The molecule has 32 heavy (non-hydrogen) atoms. The van der Waals surface area contributed by atoms with Gasteiger partial charge in [-0.25, -0.2) is 0 Å². The quantitative estimate of drug-likeness (QED) is 0.687. The van der Waals surface area contributed by atoms with Crippen LogP contribution in [0.15, 0.2) is 41.8 Å². The van der Waals surface area contributed by atoms with Gasteiger partial charge in [-0.05, 0) is 42.0 Å². The van der Waals surface area contributed by atoms with E-state index < -0.39 is 11.7 Å². The molecule has 2 amide bonds. The van der Waals surface area contributed by atoms with Gasteiger partial charge >= 0.3 is 6.18 Å². The van der Waals surface area contributed by atoms with Crippen LogP contribution in [0.3, 0.4) is 0 Å². The molecule has 2 aromatic rings. The molecule has 0 bridgehead atoms. The molecule has 1 unspecified atom stereocenters. The zero-order valence-corrected chi connectivity index (χ0v) is 18.5. The molecule has 0 spiro atoms. The lowest BCUT2D eigenvalue weighted by molar-refractivity contribution is -0.139. The third-order valence-electron chi connectivity index (χ3n) is 6.16. The average Bonchev–Trinajstić information content (AvgIpc) is 3.33. The number of carbonyl (C=O) groups excluding carboxylic acids is 2. The molecule has 1 aromatic heterocycles. The van der Waals surface area contributed by atoms with E-state index in [4.69, 9.17) is 0 Å². The van der Waals surface area contributed by atoms with Crippen LogP contribution in [0.4, 0.5) is 13.2 Å². The van der Waals surface area contributed by atoms with E-state index in [2.05, 4.69) is 4.90 Å². The Morgan fingerprint density at radius 3 is 2.31 bits per heavy atom. The third kappa shape index (κ3) is 5.32. The number of thiophene rings is 1. The van der Waals surface area contributed by atoms with E-state index in [9.17, 15) is 22.8 Å². The average molecular weight is 466 g/mol. The van der Waals surface area contributed by atoms with Crippen LogP contribution >= 0.6 is 11.3 Å². The van der Waals surface area contributed by atoms with Gasteiger partial charge in [-0.3, -0.25) is 14.5 Å². The van der Waals surface area contributed by atoms with E-state index in [-0.39, 0.29) is 17.7 Å². The van der Waals surface area contributed by atoms with Crippen molar-refractivity contribution in [3.05, 3.63) is 57.8 Å². The van der Waals surface area contributed by atoms with Gasteiger partial charge in [0.1, 0.15) is 0 Å². The number of halogens is 3. The predicted octanol–water partition coefficient (Wildman–Crippen LogP) is 3.96. The Labute approximate surface area is 189 Å². The summed E-state index contributed by atoms with van der Waals surface area (Å²) in [5.74, 6) is -0.0733.